The van der Waals surface area contributed by atoms with Gasteiger partial charge in [0.2, 0.25) is 5.91 Å². The van der Waals surface area contributed by atoms with E-state index in [0.29, 0.717) is 6.42 Å². The first-order valence-corrected chi connectivity index (χ1v) is 9.14. The Bertz CT molecular complexity index is 730. The molecule has 7 heteroatoms. The molecule has 1 saturated heterocycles. The lowest BCUT2D eigenvalue weighted by Crippen LogP contribution is -2.46. The van der Waals surface area contributed by atoms with Gasteiger partial charge in [0.05, 0.1) is 18.6 Å². The van der Waals surface area contributed by atoms with E-state index in [9.17, 15) is 14.4 Å². The average molecular weight is 387 g/mol. The van der Waals surface area contributed by atoms with Gasteiger partial charge in [0.15, 0.2) is 0 Å². The molecule has 0 aliphatic carbocycles. The Kier molecular flexibility index (Phi) is 7.80. The van der Waals surface area contributed by atoms with E-state index in [0.717, 1.165) is 10.5 Å². The number of cyclic esters (lactones) is 1. The van der Waals surface area contributed by atoms with Crippen LogP contribution in [0.3, 0.4) is 0 Å². The Morgan fingerprint density at radius 3 is 2.68 bits per heavy atom. The maximum Gasteiger partial charge on any atom is 0.508 e. The molecule has 7 nitrogen and oxygen atoms in total. The quantitative estimate of drug-likeness (QED) is 0.502. The minimum Gasteiger partial charge on any atom is -0.447 e. The number of hydrogen-bond acceptors (Lipinski definition) is 6. The Morgan fingerprint density at radius 2 is 2.07 bits per heavy atom. The van der Waals surface area contributed by atoms with Gasteiger partial charge in [-0.3, -0.25) is 4.79 Å². The summed E-state index contributed by atoms with van der Waals surface area (Å²) in [5.41, 5.74) is 0.978. The fraction of sp³-hybridized carbons (Fsp3) is 0.381. The van der Waals surface area contributed by atoms with E-state index in [1.807, 2.05) is 30.3 Å². The number of nitrogens with zero attached hydrogens (tertiary/aromatic N) is 1. The van der Waals surface area contributed by atoms with Gasteiger partial charge in [-0.25, -0.2) is 14.5 Å². The van der Waals surface area contributed by atoms with Crippen LogP contribution in [0.4, 0.5) is 9.59 Å². The molecule has 0 N–H and O–H groups in total. The zero-order valence-electron chi connectivity index (χ0n) is 16.1. The normalized spacial score (nSPS) is 18.4. The zero-order chi connectivity index (χ0) is 20.5. The van der Waals surface area contributed by atoms with Crippen molar-refractivity contribution in [2.75, 3.05) is 13.2 Å². The molecule has 150 valence electrons. The van der Waals surface area contributed by atoms with Crippen molar-refractivity contribution in [3.8, 4) is 0 Å². The lowest BCUT2D eigenvalue weighted by Gasteiger charge is -2.26. The molecule has 1 aromatic rings. The van der Waals surface area contributed by atoms with Crippen LogP contribution in [0, 0.1) is 5.92 Å². The van der Waals surface area contributed by atoms with Gasteiger partial charge in [-0.1, -0.05) is 42.5 Å². The molecule has 0 unspecified atom stereocenters. The maximum atomic E-state index is 13.1. The molecule has 0 bridgehead atoms. The summed E-state index contributed by atoms with van der Waals surface area (Å²) in [7, 11) is 0. The van der Waals surface area contributed by atoms with Crippen LogP contribution >= 0.6 is 0 Å². The molecule has 0 aromatic heterocycles. The largest absolute Gasteiger partial charge is 0.508 e. The predicted molar refractivity (Wildman–Crippen MR) is 103 cm³/mol. The summed E-state index contributed by atoms with van der Waals surface area (Å²) in [5.74, 6) is -1.49. The van der Waals surface area contributed by atoms with Gasteiger partial charge in [-0.2, -0.15) is 0 Å². The standard InChI is InChI=1S/C21H25NO6/c1-4-10-18(28-21(25)26-6-3)17(5-2)19(23)22-16(14-27-20(22)24)13-15-11-8-7-9-12-15/h4-5,7-12,16-18H,2,6,13-14H2,1,3H3/b10-4+/t16-,17-,18+/m0/s1. The lowest BCUT2D eigenvalue weighted by atomic mass is 9.98. The molecule has 3 atom stereocenters. The summed E-state index contributed by atoms with van der Waals surface area (Å²) in [6, 6.07) is 9.07. The van der Waals surface area contributed by atoms with Crippen LogP contribution in [0.1, 0.15) is 19.4 Å². The van der Waals surface area contributed by atoms with E-state index in [4.69, 9.17) is 14.2 Å². The van der Waals surface area contributed by atoms with Crippen molar-refractivity contribution in [2.24, 2.45) is 5.92 Å². The number of carbonyl (C=O) groups excluding carboxylic acids is 3. The van der Waals surface area contributed by atoms with Gasteiger partial charge in [-0.15, -0.1) is 6.58 Å². The minimum atomic E-state index is -0.954. The fourth-order valence-corrected chi connectivity index (χ4v) is 2.99. The summed E-state index contributed by atoms with van der Waals surface area (Å²) >= 11 is 0. The van der Waals surface area contributed by atoms with Crippen LogP contribution in [0.5, 0.6) is 0 Å². The van der Waals surface area contributed by atoms with Crippen LogP contribution in [0.2, 0.25) is 0 Å². The van der Waals surface area contributed by atoms with Crippen molar-refractivity contribution < 1.29 is 28.6 Å². The number of ether oxygens (including phenoxy) is 3. The molecule has 1 aliphatic heterocycles. The van der Waals surface area contributed by atoms with Crippen molar-refractivity contribution >= 4 is 18.2 Å². The van der Waals surface area contributed by atoms with Crippen LogP contribution in [-0.2, 0) is 25.4 Å². The maximum absolute atomic E-state index is 13.1. The van der Waals surface area contributed by atoms with Gasteiger partial charge in [0.1, 0.15) is 12.7 Å². The minimum absolute atomic E-state index is 0.107. The van der Waals surface area contributed by atoms with Gasteiger partial charge < -0.3 is 14.2 Å². The van der Waals surface area contributed by atoms with E-state index >= 15 is 0 Å². The Morgan fingerprint density at radius 1 is 1.36 bits per heavy atom. The van der Waals surface area contributed by atoms with Gasteiger partial charge in [0.25, 0.3) is 0 Å². The fourth-order valence-electron chi connectivity index (χ4n) is 2.99. The topological polar surface area (TPSA) is 82.1 Å². The van der Waals surface area contributed by atoms with E-state index in [2.05, 4.69) is 6.58 Å². The second kappa shape index (κ2) is 10.3. The molecule has 1 heterocycles. The summed E-state index contributed by atoms with van der Waals surface area (Å²) in [5, 5.41) is 0. The molecule has 0 radical (unpaired) electrons. The third-order valence-electron chi connectivity index (χ3n) is 4.28. The molecule has 1 aromatic carbocycles. The third kappa shape index (κ3) is 5.22. The lowest BCUT2D eigenvalue weighted by molar-refractivity contribution is -0.134. The zero-order valence-corrected chi connectivity index (χ0v) is 16.1. The van der Waals surface area contributed by atoms with Crippen LogP contribution in [0.25, 0.3) is 0 Å². The van der Waals surface area contributed by atoms with Crippen molar-refractivity contribution in [3.63, 3.8) is 0 Å². The number of rotatable bonds is 8. The molecule has 2 amide bonds. The Labute approximate surface area is 164 Å². The van der Waals surface area contributed by atoms with E-state index in [-0.39, 0.29) is 13.2 Å². The molecule has 0 spiro atoms. The predicted octanol–water partition coefficient (Wildman–Crippen LogP) is 3.50. The summed E-state index contributed by atoms with van der Waals surface area (Å²) in [6.07, 6.45) is 2.47. The summed E-state index contributed by atoms with van der Waals surface area (Å²) in [6.45, 7) is 7.31. The summed E-state index contributed by atoms with van der Waals surface area (Å²) in [4.78, 5) is 38.2. The second-order valence-corrected chi connectivity index (χ2v) is 6.18. The van der Waals surface area contributed by atoms with Crippen molar-refractivity contribution in [3.05, 3.63) is 60.7 Å². The molecular weight excluding hydrogens is 362 g/mol. The van der Waals surface area contributed by atoms with Crippen molar-refractivity contribution in [1.82, 2.24) is 4.90 Å². The second-order valence-electron chi connectivity index (χ2n) is 6.18. The van der Waals surface area contributed by atoms with Crippen LogP contribution in [-0.4, -0.2) is 48.4 Å². The van der Waals surface area contributed by atoms with Crippen LogP contribution in [0.15, 0.2) is 55.1 Å². The number of amides is 2. The molecule has 28 heavy (non-hydrogen) atoms. The van der Waals surface area contributed by atoms with Crippen molar-refractivity contribution in [1.29, 1.82) is 0 Å². The first kappa shape index (κ1) is 21.2. The summed E-state index contributed by atoms with van der Waals surface area (Å²) < 4.78 is 15.1. The first-order valence-electron chi connectivity index (χ1n) is 9.14. The smallest absolute Gasteiger partial charge is 0.447 e. The highest BCUT2D eigenvalue weighted by Gasteiger charge is 2.42. The van der Waals surface area contributed by atoms with E-state index in [1.54, 1.807) is 26.0 Å². The van der Waals surface area contributed by atoms with E-state index in [1.165, 1.54) is 6.08 Å². The molecule has 1 aliphatic rings. The SMILES string of the molecule is C=C[C@H](C(=O)N1C(=O)OC[C@@H]1Cc1ccccc1)[C@@H](/C=C/C)OC(=O)OCC. The van der Waals surface area contributed by atoms with Crippen molar-refractivity contribution in [2.45, 2.75) is 32.4 Å². The number of benzene rings is 1. The van der Waals surface area contributed by atoms with E-state index < -0.39 is 36.2 Å². The van der Waals surface area contributed by atoms with Gasteiger partial charge in [0, 0.05) is 0 Å². The highest BCUT2D eigenvalue weighted by atomic mass is 16.7. The monoisotopic (exact) mass is 387 g/mol. The number of carbonyl (C=O) groups is 3. The molecular formula is C21H25NO6. The third-order valence-corrected chi connectivity index (χ3v) is 4.28. The van der Waals surface area contributed by atoms with Crippen LogP contribution < -0.4 is 0 Å². The number of hydrogen-bond donors (Lipinski definition) is 0. The number of imide groups is 1. The highest BCUT2D eigenvalue weighted by Crippen LogP contribution is 2.23. The van der Waals surface area contributed by atoms with Gasteiger partial charge >= 0.3 is 12.2 Å². The van der Waals surface area contributed by atoms with Gasteiger partial charge in [-0.05, 0) is 31.9 Å². The molecule has 0 saturated carbocycles. The molecule has 2 rings (SSSR count). The first-order chi connectivity index (χ1) is 13.5. The average Bonchev–Trinajstić information content (AvgIpc) is 3.03. The Balaban J connectivity index is 2.20. The Hall–Kier alpha value is -3.09. The highest BCUT2D eigenvalue weighted by molar-refractivity contribution is 5.96. The molecule has 1 fully saturated rings. The number of allylic oxidation sites excluding steroid dienone is 1.